The highest BCUT2D eigenvalue weighted by atomic mass is 32.2. The van der Waals surface area contributed by atoms with E-state index in [1.807, 2.05) is 24.3 Å². The predicted molar refractivity (Wildman–Crippen MR) is 120 cm³/mol. The third-order valence-electron chi connectivity index (χ3n) is 4.32. The van der Waals surface area contributed by atoms with E-state index in [0.29, 0.717) is 10.3 Å². The molecule has 1 aliphatic heterocycles. The molecule has 0 bridgehead atoms. The molecule has 1 fully saturated rings. The summed E-state index contributed by atoms with van der Waals surface area (Å²) in [4.78, 5) is 35.7. The average molecular weight is 441 g/mol. The van der Waals surface area contributed by atoms with Gasteiger partial charge < -0.3 is 5.32 Å². The Morgan fingerprint density at radius 3 is 2.80 bits per heavy atom. The lowest BCUT2D eigenvalue weighted by molar-refractivity contribution is -0.127. The monoisotopic (exact) mass is 440 g/mol. The summed E-state index contributed by atoms with van der Waals surface area (Å²) >= 11 is 2.63. The number of halogens is 1. The van der Waals surface area contributed by atoms with Crippen molar-refractivity contribution < 1.29 is 14.0 Å². The van der Waals surface area contributed by atoms with Crippen LogP contribution in [-0.4, -0.2) is 38.7 Å². The van der Waals surface area contributed by atoms with Crippen LogP contribution < -0.4 is 5.32 Å². The molecule has 3 aromatic rings. The fourth-order valence-electron chi connectivity index (χ4n) is 2.94. The van der Waals surface area contributed by atoms with Crippen molar-refractivity contribution in [2.45, 2.75) is 11.7 Å². The highest BCUT2D eigenvalue weighted by molar-refractivity contribution is 8.15. The number of anilines is 1. The van der Waals surface area contributed by atoms with E-state index in [2.05, 4.69) is 21.9 Å². The van der Waals surface area contributed by atoms with Crippen molar-refractivity contribution in [2.24, 2.45) is 4.99 Å². The molecule has 0 radical (unpaired) electrons. The first-order valence-electron chi connectivity index (χ1n) is 9.12. The standard InChI is InChI=1S/C21H17FN4O2S2/c1-2-11-26-19(28)17(12-18(27)23-14-8-4-3-7-13(14)22)30-21(26)25-20-24-15-9-5-6-10-16(15)29-20/h2-10,17H,1,11-12H2,(H,23,27)/b25-21+. The Labute approximate surface area is 180 Å². The number of nitrogens with zero attached hydrogens (tertiary/aromatic N) is 3. The summed E-state index contributed by atoms with van der Waals surface area (Å²) in [7, 11) is 0. The number of aliphatic imine (C=N–C) groups is 1. The summed E-state index contributed by atoms with van der Waals surface area (Å²) in [6, 6.07) is 13.6. The van der Waals surface area contributed by atoms with Crippen molar-refractivity contribution in [3.63, 3.8) is 0 Å². The predicted octanol–water partition coefficient (Wildman–Crippen LogP) is 4.58. The molecule has 1 saturated heterocycles. The number of thioether (sulfide) groups is 1. The van der Waals surface area contributed by atoms with E-state index in [1.165, 1.54) is 40.1 Å². The van der Waals surface area contributed by atoms with E-state index in [0.717, 1.165) is 10.2 Å². The van der Waals surface area contributed by atoms with Crippen LogP contribution in [0.5, 0.6) is 0 Å². The van der Waals surface area contributed by atoms with E-state index < -0.39 is 17.0 Å². The number of carbonyl (C=O) groups excluding carboxylic acids is 2. The zero-order valence-electron chi connectivity index (χ0n) is 15.7. The minimum Gasteiger partial charge on any atom is -0.324 e. The van der Waals surface area contributed by atoms with Crippen LogP contribution >= 0.6 is 23.1 Å². The van der Waals surface area contributed by atoms with Gasteiger partial charge in [0.05, 0.1) is 15.9 Å². The lowest BCUT2D eigenvalue weighted by Crippen LogP contribution is -2.33. The third kappa shape index (κ3) is 4.27. The normalized spacial score (nSPS) is 17.6. The van der Waals surface area contributed by atoms with Gasteiger partial charge in [0.2, 0.25) is 16.9 Å². The molecule has 2 heterocycles. The quantitative estimate of drug-likeness (QED) is 0.570. The largest absolute Gasteiger partial charge is 0.324 e. The topological polar surface area (TPSA) is 74.7 Å². The van der Waals surface area contributed by atoms with Gasteiger partial charge in [-0.05, 0) is 24.3 Å². The Kier molecular flexibility index (Phi) is 5.91. The molecule has 30 heavy (non-hydrogen) atoms. The van der Waals surface area contributed by atoms with Crippen LogP contribution in [0, 0.1) is 5.82 Å². The minimum atomic E-state index is -0.648. The van der Waals surface area contributed by atoms with Gasteiger partial charge in [0.1, 0.15) is 11.1 Å². The van der Waals surface area contributed by atoms with Gasteiger partial charge in [-0.25, -0.2) is 9.37 Å². The molecule has 1 aliphatic rings. The Morgan fingerprint density at radius 2 is 2.03 bits per heavy atom. The summed E-state index contributed by atoms with van der Waals surface area (Å²) in [5.74, 6) is -1.20. The van der Waals surface area contributed by atoms with E-state index in [1.54, 1.807) is 18.2 Å². The van der Waals surface area contributed by atoms with Crippen molar-refractivity contribution in [3.05, 3.63) is 67.0 Å². The molecule has 1 aromatic heterocycles. The molecule has 4 rings (SSSR count). The third-order valence-corrected chi connectivity index (χ3v) is 6.43. The number of benzene rings is 2. The Hall–Kier alpha value is -3.04. The van der Waals surface area contributed by atoms with Crippen LogP contribution in [0.2, 0.25) is 0 Å². The minimum absolute atomic E-state index is 0.0873. The number of carbonyl (C=O) groups is 2. The second-order valence-corrected chi connectivity index (χ2v) is 8.61. The van der Waals surface area contributed by atoms with Gasteiger partial charge in [0.25, 0.3) is 0 Å². The number of para-hydroxylation sites is 2. The number of hydrogen-bond donors (Lipinski definition) is 1. The molecule has 1 N–H and O–H groups in total. The van der Waals surface area contributed by atoms with E-state index in [9.17, 15) is 14.0 Å². The van der Waals surface area contributed by atoms with Crippen LogP contribution in [0.15, 0.2) is 66.2 Å². The summed E-state index contributed by atoms with van der Waals surface area (Å²) in [6.45, 7) is 3.97. The maximum absolute atomic E-state index is 13.8. The number of amides is 2. The number of aromatic nitrogens is 1. The smallest absolute Gasteiger partial charge is 0.242 e. The number of nitrogens with one attached hydrogen (secondary N) is 1. The molecule has 152 valence electrons. The molecule has 2 aromatic carbocycles. The number of fused-ring (bicyclic) bond motifs is 1. The zero-order valence-corrected chi connectivity index (χ0v) is 17.4. The summed E-state index contributed by atoms with van der Waals surface area (Å²) in [5, 5.41) is 2.88. The molecule has 2 amide bonds. The molecule has 1 atom stereocenters. The Balaban J connectivity index is 1.52. The Morgan fingerprint density at radius 1 is 1.27 bits per heavy atom. The lowest BCUT2D eigenvalue weighted by Gasteiger charge is -2.13. The van der Waals surface area contributed by atoms with Crippen molar-refractivity contribution in [1.29, 1.82) is 0 Å². The summed E-state index contributed by atoms with van der Waals surface area (Å²) in [6.07, 6.45) is 1.51. The van der Waals surface area contributed by atoms with Crippen LogP contribution in [0.1, 0.15) is 6.42 Å². The van der Waals surface area contributed by atoms with Crippen molar-refractivity contribution in [2.75, 3.05) is 11.9 Å². The first-order chi connectivity index (χ1) is 14.5. The molecule has 1 unspecified atom stereocenters. The molecule has 0 aliphatic carbocycles. The Bertz CT molecular complexity index is 1130. The molecular weight excluding hydrogens is 423 g/mol. The molecule has 6 nitrogen and oxygen atoms in total. The summed E-state index contributed by atoms with van der Waals surface area (Å²) < 4.78 is 14.8. The van der Waals surface area contributed by atoms with E-state index in [4.69, 9.17) is 0 Å². The maximum Gasteiger partial charge on any atom is 0.242 e. The van der Waals surface area contributed by atoms with Crippen molar-refractivity contribution in [1.82, 2.24) is 9.88 Å². The maximum atomic E-state index is 13.8. The van der Waals surface area contributed by atoms with Gasteiger partial charge in [-0.1, -0.05) is 53.4 Å². The highest BCUT2D eigenvalue weighted by Crippen LogP contribution is 2.34. The number of rotatable bonds is 6. The molecule has 0 saturated carbocycles. The summed E-state index contributed by atoms with van der Waals surface area (Å²) in [5.41, 5.74) is 0.927. The SMILES string of the molecule is C=CCN1C(=O)C(CC(=O)Nc2ccccc2F)S/C1=N/c1nc2ccccc2s1. The number of thiazole rings is 1. The van der Waals surface area contributed by atoms with Gasteiger partial charge >= 0.3 is 0 Å². The zero-order chi connectivity index (χ0) is 21.1. The van der Waals surface area contributed by atoms with E-state index >= 15 is 0 Å². The van der Waals surface area contributed by atoms with Gasteiger partial charge in [-0.15, -0.1) is 6.58 Å². The molecule has 9 heteroatoms. The van der Waals surface area contributed by atoms with Gasteiger partial charge in [0.15, 0.2) is 5.17 Å². The van der Waals surface area contributed by atoms with Crippen LogP contribution in [-0.2, 0) is 9.59 Å². The van der Waals surface area contributed by atoms with Gasteiger partial charge in [-0.3, -0.25) is 14.5 Å². The second-order valence-electron chi connectivity index (χ2n) is 6.43. The first-order valence-corrected chi connectivity index (χ1v) is 10.8. The fraction of sp³-hybridized carbons (Fsp3) is 0.143. The lowest BCUT2D eigenvalue weighted by atomic mass is 10.2. The first kappa shape index (κ1) is 20.2. The number of hydrogen-bond acceptors (Lipinski definition) is 6. The van der Waals surface area contributed by atoms with Crippen molar-refractivity contribution in [3.8, 4) is 0 Å². The molecule has 0 spiro atoms. The average Bonchev–Trinajstić information content (AvgIpc) is 3.26. The van der Waals surface area contributed by atoms with E-state index in [-0.39, 0.29) is 24.6 Å². The fourth-order valence-corrected chi connectivity index (χ4v) is 4.99. The number of amidine groups is 1. The molecular formula is C21H17FN4O2S2. The second kappa shape index (κ2) is 8.76. The van der Waals surface area contributed by atoms with Crippen LogP contribution in [0.25, 0.3) is 10.2 Å². The van der Waals surface area contributed by atoms with Crippen LogP contribution in [0.4, 0.5) is 15.2 Å². The van der Waals surface area contributed by atoms with Crippen molar-refractivity contribution >= 4 is 61.1 Å². The highest BCUT2D eigenvalue weighted by Gasteiger charge is 2.38. The van der Waals surface area contributed by atoms with Gasteiger partial charge in [-0.2, -0.15) is 4.99 Å². The van der Waals surface area contributed by atoms with Gasteiger partial charge in [0, 0.05) is 13.0 Å². The van der Waals surface area contributed by atoms with Crippen LogP contribution in [0.3, 0.4) is 0 Å².